The Hall–Kier alpha value is -3.33. The maximum atomic E-state index is 12.9. The van der Waals surface area contributed by atoms with Crippen molar-refractivity contribution in [2.45, 2.75) is 33.4 Å². The quantitative estimate of drug-likeness (QED) is 0.0981. The molecule has 0 aliphatic rings. The Bertz CT molecular complexity index is 2300. The summed E-state index contributed by atoms with van der Waals surface area (Å²) < 4.78 is 161. The van der Waals surface area contributed by atoms with E-state index < -0.39 is 105 Å². The van der Waals surface area contributed by atoms with Crippen LogP contribution in [0.3, 0.4) is 0 Å². The van der Waals surface area contributed by atoms with Crippen molar-refractivity contribution in [1.29, 1.82) is 0 Å². The van der Waals surface area contributed by atoms with Gasteiger partial charge in [0.05, 0.1) is 28.3 Å². The number of hydrogen-bond acceptors (Lipinski definition) is 15. The van der Waals surface area contributed by atoms with Crippen molar-refractivity contribution in [3.63, 3.8) is 0 Å². The number of azo groups is 1. The van der Waals surface area contributed by atoms with Crippen LogP contribution >= 0.6 is 0 Å². The monoisotopic (exact) mass is 719 g/mol. The molecular formula is C20H21N3O16S5. The van der Waals surface area contributed by atoms with Crippen molar-refractivity contribution in [2.24, 2.45) is 10.2 Å². The first-order valence-electron chi connectivity index (χ1n) is 11.2. The van der Waals surface area contributed by atoms with Gasteiger partial charge in [0.1, 0.15) is 31.8 Å². The average Bonchev–Trinajstić information content (AvgIpc) is 2.83. The van der Waals surface area contributed by atoms with Gasteiger partial charge in [-0.2, -0.15) is 33.7 Å². The van der Waals surface area contributed by atoms with Crippen LogP contribution < -0.4 is 5.73 Å². The van der Waals surface area contributed by atoms with Gasteiger partial charge in [-0.15, -0.1) is 10.2 Å². The molecule has 0 spiro atoms. The molecule has 242 valence electrons. The number of fused-ring (bicyclic) bond motifs is 1. The highest BCUT2D eigenvalue weighted by molar-refractivity contribution is 7.93. The van der Waals surface area contributed by atoms with E-state index in [4.69, 9.17) is 10.3 Å². The van der Waals surface area contributed by atoms with Crippen molar-refractivity contribution in [2.75, 3.05) is 18.1 Å². The van der Waals surface area contributed by atoms with Crippen LogP contribution in [0, 0.1) is 13.8 Å². The van der Waals surface area contributed by atoms with Crippen molar-refractivity contribution >= 4 is 78.4 Å². The van der Waals surface area contributed by atoms with Crippen LogP contribution in [-0.4, -0.2) is 77.8 Å². The SMILES string of the molecule is Cc1cc2cc(S(=O)(=O)O)c(N)c(N=Nc3cc(S(=O)(=O)CCOS(=O)(=O)O)c(S(=O)(=O)O)cc3S(=O)(=O)O)c2c(O)c1C. The Kier molecular flexibility index (Phi) is 9.23. The number of sulfone groups is 1. The third-order valence-corrected chi connectivity index (χ3v) is 10.9. The van der Waals surface area contributed by atoms with E-state index in [1.54, 1.807) is 0 Å². The molecule has 19 nitrogen and oxygen atoms in total. The highest BCUT2D eigenvalue weighted by Gasteiger charge is 2.31. The summed E-state index contributed by atoms with van der Waals surface area (Å²) in [6.45, 7) is 1.70. The highest BCUT2D eigenvalue weighted by atomic mass is 32.3. The predicted molar refractivity (Wildman–Crippen MR) is 149 cm³/mol. The molecule has 3 aromatic carbocycles. The fourth-order valence-corrected chi connectivity index (χ4v) is 8.01. The molecule has 0 bridgehead atoms. The normalized spacial score (nSPS) is 13.6. The smallest absolute Gasteiger partial charge is 0.397 e. The van der Waals surface area contributed by atoms with Gasteiger partial charge in [0.25, 0.3) is 30.4 Å². The Balaban J connectivity index is 2.45. The number of phenolic OH excluding ortho intramolecular Hbond substituents is 1. The average molecular weight is 720 g/mol. The zero-order chi connectivity index (χ0) is 33.8. The zero-order valence-corrected chi connectivity index (χ0v) is 26.0. The number of aromatic hydroxyl groups is 1. The maximum Gasteiger partial charge on any atom is 0.397 e. The molecule has 3 rings (SSSR count). The van der Waals surface area contributed by atoms with E-state index in [0.717, 1.165) is 6.07 Å². The van der Waals surface area contributed by atoms with Crippen LogP contribution in [0.25, 0.3) is 10.8 Å². The maximum absolute atomic E-state index is 12.9. The van der Waals surface area contributed by atoms with Crippen molar-refractivity contribution < 1.29 is 69.6 Å². The number of anilines is 1. The minimum absolute atomic E-state index is 0.0173. The van der Waals surface area contributed by atoms with Crippen LogP contribution in [0.15, 0.2) is 54.1 Å². The zero-order valence-electron chi connectivity index (χ0n) is 22.0. The summed E-state index contributed by atoms with van der Waals surface area (Å²) in [7, 11) is -26.4. The summed E-state index contributed by atoms with van der Waals surface area (Å²) >= 11 is 0. The molecule has 0 atom stereocenters. The van der Waals surface area contributed by atoms with Gasteiger partial charge in [0, 0.05) is 0 Å². The number of nitrogen functional groups attached to an aromatic ring is 1. The van der Waals surface area contributed by atoms with E-state index in [1.807, 2.05) is 0 Å². The molecule has 0 heterocycles. The third-order valence-electron chi connectivity index (χ3n) is 5.92. The molecule has 3 aromatic rings. The summed E-state index contributed by atoms with van der Waals surface area (Å²) in [4.78, 5) is -5.40. The van der Waals surface area contributed by atoms with Crippen LogP contribution in [0.2, 0.25) is 0 Å². The van der Waals surface area contributed by atoms with E-state index in [-0.39, 0.29) is 28.5 Å². The lowest BCUT2D eigenvalue weighted by molar-refractivity contribution is 0.283. The molecule has 0 aliphatic heterocycles. The van der Waals surface area contributed by atoms with E-state index in [2.05, 4.69) is 14.4 Å². The van der Waals surface area contributed by atoms with Gasteiger partial charge in [-0.05, 0) is 48.6 Å². The van der Waals surface area contributed by atoms with Crippen LogP contribution in [0.4, 0.5) is 17.1 Å². The summed E-state index contributed by atoms with van der Waals surface area (Å²) in [5.74, 6) is -1.89. The van der Waals surface area contributed by atoms with Gasteiger partial charge in [0.2, 0.25) is 0 Å². The molecule has 24 heteroatoms. The molecular weight excluding hydrogens is 699 g/mol. The number of phenols is 1. The van der Waals surface area contributed by atoms with Crippen molar-refractivity contribution in [3.05, 3.63) is 35.4 Å². The molecule has 0 saturated carbocycles. The molecule has 0 amide bonds. The molecule has 7 N–H and O–H groups in total. The fourth-order valence-electron chi connectivity index (χ4n) is 3.80. The lowest BCUT2D eigenvalue weighted by Gasteiger charge is -2.14. The molecule has 44 heavy (non-hydrogen) atoms. The largest absolute Gasteiger partial charge is 0.507 e. The summed E-state index contributed by atoms with van der Waals surface area (Å²) in [6.07, 6.45) is 0. The van der Waals surface area contributed by atoms with Gasteiger partial charge in [-0.1, -0.05) is 6.07 Å². The molecule has 0 fully saturated rings. The van der Waals surface area contributed by atoms with Crippen molar-refractivity contribution in [1.82, 2.24) is 0 Å². The second-order valence-corrected chi connectivity index (χ2v) is 16.2. The first-order valence-corrected chi connectivity index (χ1v) is 18.5. The first kappa shape index (κ1) is 35.2. The van der Waals surface area contributed by atoms with E-state index in [9.17, 15) is 60.9 Å². The van der Waals surface area contributed by atoms with Crippen LogP contribution in [0.5, 0.6) is 5.75 Å². The van der Waals surface area contributed by atoms with Gasteiger partial charge >= 0.3 is 10.4 Å². The Morgan fingerprint density at radius 1 is 0.727 bits per heavy atom. The minimum Gasteiger partial charge on any atom is -0.507 e. The summed E-state index contributed by atoms with van der Waals surface area (Å²) in [5, 5.41) is 17.6. The summed E-state index contributed by atoms with van der Waals surface area (Å²) in [6, 6.07) is 2.42. The second kappa shape index (κ2) is 11.5. The number of benzene rings is 3. The van der Waals surface area contributed by atoms with E-state index >= 15 is 0 Å². The number of nitrogens with two attached hydrogens (primary N) is 1. The van der Waals surface area contributed by atoms with Gasteiger partial charge < -0.3 is 10.8 Å². The lowest BCUT2D eigenvalue weighted by Crippen LogP contribution is -2.18. The highest BCUT2D eigenvalue weighted by Crippen LogP contribution is 2.45. The standard InChI is InChI=1S/C20H21N3O16S5/c1-9-5-11-6-16(43(33,34)35)18(21)19(17(11)20(24)10(9)2)23-22-12-7-14(40(25,26)4-3-39-44(36,37)38)15(42(30,31)32)8-13(12)41(27,28)29/h5-8,24H,3-4,21H2,1-2H3,(H,27,28,29)(H,30,31,32)(H,33,34,35)(H,36,37,38). The predicted octanol–water partition coefficient (Wildman–Crippen LogP) is 1.49. The van der Waals surface area contributed by atoms with E-state index in [1.165, 1.54) is 19.9 Å². The second-order valence-electron chi connectivity index (χ2n) is 8.86. The van der Waals surface area contributed by atoms with Gasteiger partial charge in [-0.25, -0.2) is 12.6 Å². The number of rotatable bonds is 10. The Morgan fingerprint density at radius 3 is 1.77 bits per heavy atom. The lowest BCUT2D eigenvalue weighted by atomic mass is 9.99. The Morgan fingerprint density at radius 2 is 1.27 bits per heavy atom. The van der Waals surface area contributed by atoms with Gasteiger partial charge in [-0.3, -0.25) is 18.2 Å². The van der Waals surface area contributed by atoms with E-state index in [0.29, 0.717) is 5.56 Å². The van der Waals surface area contributed by atoms with Crippen LogP contribution in [0.1, 0.15) is 11.1 Å². The number of nitrogens with zero attached hydrogens (tertiary/aromatic N) is 2. The third kappa shape index (κ3) is 7.48. The molecule has 0 saturated heterocycles. The first-order chi connectivity index (χ1) is 19.8. The van der Waals surface area contributed by atoms with Crippen LogP contribution in [-0.2, 0) is 54.8 Å². The Labute approximate surface area is 250 Å². The van der Waals surface area contributed by atoms with Gasteiger partial charge in [0.15, 0.2) is 9.84 Å². The number of hydrogen-bond donors (Lipinski definition) is 6. The minimum atomic E-state index is -5.59. The number of aryl methyl sites for hydroxylation is 1. The molecule has 0 radical (unpaired) electrons. The fraction of sp³-hybridized carbons (Fsp3) is 0.200. The topological polar surface area (TPSA) is 332 Å². The molecule has 0 unspecified atom stereocenters. The molecule has 0 aromatic heterocycles. The van der Waals surface area contributed by atoms with Crippen molar-refractivity contribution in [3.8, 4) is 5.75 Å². The summed E-state index contributed by atoms with van der Waals surface area (Å²) in [5.41, 5.74) is 3.87. The molecule has 0 aliphatic carbocycles.